The van der Waals surface area contributed by atoms with E-state index in [9.17, 15) is 0 Å². The van der Waals surface area contributed by atoms with Gasteiger partial charge in [-0.1, -0.05) is 18.7 Å². The lowest BCUT2D eigenvalue weighted by atomic mass is 9.87. The average molecular weight is 265 g/mol. The van der Waals surface area contributed by atoms with Gasteiger partial charge in [-0.15, -0.1) is 11.3 Å². The molecule has 90 valence electrons. The summed E-state index contributed by atoms with van der Waals surface area (Å²) >= 11 is 3.35. The Labute approximate surface area is 109 Å². The van der Waals surface area contributed by atoms with E-state index < -0.39 is 0 Å². The number of nitrogens with zero attached hydrogens (tertiary/aromatic N) is 2. The summed E-state index contributed by atoms with van der Waals surface area (Å²) in [6.07, 6.45) is 5.69. The summed E-state index contributed by atoms with van der Waals surface area (Å²) in [6.45, 7) is 2.28. The normalized spacial score (nSPS) is 19.5. The summed E-state index contributed by atoms with van der Waals surface area (Å²) in [5, 5.41) is 1.90. The Morgan fingerprint density at radius 2 is 2.24 bits per heavy atom. The van der Waals surface area contributed by atoms with E-state index in [0.29, 0.717) is 11.7 Å². The number of thioether (sulfide) groups is 1. The van der Waals surface area contributed by atoms with Crippen molar-refractivity contribution in [3.8, 4) is 0 Å². The van der Waals surface area contributed by atoms with Crippen molar-refractivity contribution < 1.29 is 0 Å². The molecule has 2 N–H and O–H groups in total. The molecule has 0 saturated heterocycles. The maximum Gasteiger partial charge on any atom is 0.190 e. The monoisotopic (exact) mass is 265 g/mol. The molecule has 0 fully saturated rings. The number of aromatic nitrogens is 2. The van der Waals surface area contributed by atoms with Crippen LogP contribution in [0.15, 0.2) is 5.16 Å². The first-order valence-electron chi connectivity index (χ1n) is 5.83. The molecule has 3 rings (SSSR count). The van der Waals surface area contributed by atoms with Crippen molar-refractivity contribution in [2.45, 2.75) is 37.3 Å². The molecule has 0 aromatic carbocycles. The molecule has 0 spiro atoms. The molecule has 5 heteroatoms. The summed E-state index contributed by atoms with van der Waals surface area (Å²) < 4.78 is 0. The number of hydrogen-bond acceptors (Lipinski definition) is 5. The molecule has 1 aliphatic rings. The number of thiophene rings is 1. The van der Waals surface area contributed by atoms with Crippen LogP contribution in [-0.2, 0) is 6.42 Å². The van der Waals surface area contributed by atoms with Gasteiger partial charge < -0.3 is 5.73 Å². The fraction of sp³-hybridized carbons (Fsp3) is 0.500. The van der Waals surface area contributed by atoms with Gasteiger partial charge in [-0.05, 0) is 37.0 Å². The number of anilines is 1. The number of hydrogen-bond donors (Lipinski definition) is 1. The minimum absolute atomic E-state index is 0.596. The summed E-state index contributed by atoms with van der Waals surface area (Å²) in [5.41, 5.74) is 7.52. The van der Waals surface area contributed by atoms with Crippen LogP contribution < -0.4 is 5.73 Å². The van der Waals surface area contributed by atoms with Crippen molar-refractivity contribution in [1.29, 1.82) is 0 Å². The minimum Gasteiger partial charge on any atom is -0.383 e. The third-order valence-corrected chi connectivity index (χ3v) is 5.10. The van der Waals surface area contributed by atoms with Gasteiger partial charge in [0.1, 0.15) is 10.6 Å². The zero-order valence-corrected chi connectivity index (χ0v) is 11.6. The van der Waals surface area contributed by atoms with E-state index in [1.54, 1.807) is 23.1 Å². The van der Waals surface area contributed by atoms with Crippen molar-refractivity contribution in [2.24, 2.45) is 0 Å². The van der Waals surface area contributed by atoms with Crippen LogP contribution in [0.4, 0.5) is 5.82 Å². The van der Waals surface area contributed by atoms with E-state index in [1.165, 1.54) is 29.7 Å². The highest BCUT2D eigenvalue weighted by Gasteiger charge is 2.24. The standard InChI is InChI=1S/C12H15N3S2/c1-6-4-3-5-7-8(6)9-10(13)14-12(16-2)15-11(9)17-7/h6H,3-5H2,1-2H3,(H2,13,14,15)/t6-/m0/s1. The highest BCUT2D eigenvalue weighted by atomic mass is 32.2. The van der Waals surface area contributed by atoms with Crippen LogP contribution in [-0.4, -0.2) is 16.2 Å². The van der Waals surface area contributed by atoms with E-state index >= 15 is 0 Å². The number of fused-ring (bicyclic) bond motifs is 3. The third kappa shape index (κ3) is 1.72. The quantitative estimate of drug-likeness (QED) is 0.634. The molecule has 2 aromatic rings. The lowest BCUT2D eigenvalue weighted by Gasteiger charge is -2.18. The van der Waals surface area contributed by atoms with Gasteiger partial charge in [-0.2, -0.15) is 0 Å². The van der Waals surface area contributed by atoms with E-state index in [2.05, 4.69) is 16.9 Å². The summed E-state index contributed by atoms with van der Waals surface area (Å²) in [5.74, 6) is 1.25. The molecule has 0 bridgehead atoms. The van der Waals surface area contributed by atoms with Gasteiger partial charge in [0.05, 0.1) is 5.39 Å². The van der Waals surface area contributed by atoms with Gasteiger partial charge in [0, 0.05) is 4.88 Å². The summed E-state index contributed by atoms with van der Waals surface area (Å²) in [7, 11) is 0. The topological polar surface area (TPSA) is 51.8 Å². The molecule has 0 radical (unpaired) electrons. The molecule has 0 aliphatic heterocycles. The Bertz CT molecular complexity index is 577. The largest absolute Gasteiger partial charge is 0.383 e. The Kier molecular flexibility index (Phi) is 2.75. The minimum atomic E-state index is 0.596. The van der Waals surface area contributed by atoms with Crippen molar-refractivity contribution in [1.82, 2.24) is 9.97 Å². The molecule has 0 saturated carbocycles. The van der Waals surface area contributed by atoms with Crippen LogP contribution in [0.2, 0.25) is 0 Å². The van der Waals surface area contributed by atoms with Gasteiger partial charge in [-0.3, -0.25) is 0 Å². The van der Waals surface area contributed by atoms with Gasteiger partial charge in [0.25, 0.3) is 0 Å². The molecule has 0 amide bonds. The Morgan fingerprint density at radius 1 is 1.41 bits per heavy atom. The second kappa shape index (κ2) is 4.14. The van der Waals surface area contributed by atoms with Crippen LogP contribution in [0.3, 0.4) is 0 Å². The zero-order chi connectivity index (χ0) is 12.0. The van der Waals surface area contributed by atoms with Gasteiger partial charge >= 0.3 is 0 Å². The average Bonchev–Trinajstić information content (AvgIpc) is 2.68. The Hall–Kier alpha value is -0.810. The molecule has 3 nitrogen and oxygen atoms in total. The molecule has 0 unspecified atom stereocenters. The van der Waals surface area contributed by atoms with E-state index in [4.69, 9.17) is 5.73 Å². The first-order chi connectivity index (χ1) is 8.20. The predicted molar refractivity (Wildman–Crippen MR) is 75.0 cm³/mol. The third-order valence-electron chi connectivity index (χ3n) is 3.39. The van der Waals surface area contributed by atoms with Crippen LogP contribution >= 0.6 is 23.1 Å². The van der Waals surface area contributed by atoms with Crippen LogP contribution in [0, 0.1) is 0 Å². The Morgan fingerprint density at radius 3 is 3.00 bits per heavy atom. The van der Waals surface area contributed by atoms with E-state index in [1.807, 2.05) is 6.26 Å². The van der Waals surface area contributed by atoms with Gasteiger partial charge in [0.2, 0.25) is 0 Å². The maximum absolute atomic E-state index is 6.11. The number of nitrogens with two attached hydrogens (primary N) is 1. The van der Waals surface area contributed by atoms with E-state index in [-0.39, 0.29) is 0 Å². The van der Waals surface area contributed by atoms with Crippen LogP contribution in [0.25, 0.3) is 10.2 Å². The fourth-order valence-corrected chi connectivity index (χ4v) is 4.36. The number of rotatable bonds is 1. The Balaban J connectivity index is 2.31. The highest BCUT2D eigenvalue weighted by molar-refractivity contribution is 7.98. The molecule has 1 atom stereocenters. The van der Waals surface area contributed by atoms with Gasteiger partial charge in [-0.25, -0.2) is 9.97 Å². The van der Waals surface area contributed by atoms with Crippen LogP contribution in [0.5, 0.6) is 0 Å². The lowest BCUT2D eigenvalue weighted by Crippen LogP contribution is -2.05. The van der Waals surface area contributed by atoms with Crippen molar-refractivity contribution in [2.75, 3.05) is 12.0 Å². The van der Waals surface area contributed by atoms with E-state index in [0.717, 1.165) is 15.4 Å². The lowest BCUT2D eigenvalue weighted by molar-refractivity contribution is 0.602. The molecule has 2 aromatic heterocycles. The molecule has 1 aliphatic carbocycles. The summed E-state index contributed by atoms with van der Waals surface area (Å²) in [6, 6.07) is 0. The first kappa shape index (κ1) is 11.3. The molecular formula is C12H15N3S2. The van der Waals surface area contributed by atoms with Crippen LogP contribution in [0.1, 0.15) is 36.1 Å². The van der Waals surface area contributed by atoms with Gasteiger partial charge in [0.15, 0.2) is 5.16 Å². The summed E-state index contributed by atoms with van der Waals surface area (Å²) in [4.78, 5) is 11.5. The SMILES string of the molecule is CSc1nc(N)c2c3c(sc2n1)CCC[C@@H]3C. The van der Waals surface area contributed by atoms with Crippen molar-refractivity contribution >= 4 is 39.1 Å². The number of aryl methyl sites for hydroxylation is 1. The second-order valence-corrected chi connectivity index (χ2v) is 6.36. The maximum atomic E-state index is 6.11. The first-order valence-corrected chi connectivity index (χ1v) is 7.87. The highest BCUT2D eigenvalue weighted by Crippen LogP contribution is 2.43. The van der Waals surface area contributed by atoms with Crippen molar-refractivity contribution in [3.05, 3.63) is 10.4 Å². The second-order valence-electron chi connectivity index (χ2n) is 4.51. The molecule has 17 heavy (non-hydrogen) atoms. The van der Waals surface area contributed by atoms with Crippen molar-refractivity contribution in [3.63, 3.8) is 0 Å². The number of nitrogen functional groups attached to an aromatic ring is 1. The zero-order valence-electron chi connectivity index (χ0n) is 9.99. The smallest absolute Gasteiger partial charge is 0.190 e. The predicted octanol–water partition coefficient (Wildman–Crippen LogP) is 3.44. The fourth-order valence-electron chi connectivity index (χ4n) is 2.59. The molecule has 2 heterocycles. The molecular weight excluding hydrogens is 250 g/mol.